The molecule has 2 aromatic rings. The van der Waals surface area contributed by atoms with Crippen LogP contribution in [0.15, 0.2) is 30.5 Å². The Labute approximate surface area is 151 Å². The summed E-state index contributed by atoms with van der Waals surface area (Å²) in [6.07, 6.45) is 5.68. The zero-order chi connectivity index (χ0) is 17.2. The first kappa shape index (κ1) is 16.7. The number of rotatable bonds is 5. The number of carbonyl (C=O) groups excluding carboxylic acids is 1. The molecule has 0 spiro atoms. The molecule has 1 amide bonds. The predicted molar refractivity (Wildman–Crippen MR) is 99.1 cm³/mol. The van der Waals surface area contributed by atoms with Crippen LogP contribution in [0.5, 0.6) is 0 Å². The second-order valence-electron chi connectivity index (χ2n) is 6.73. The zero-order valence-corrected chi connectivity index (χ0v) is 15.1. The fourth-order valence-corrected chi connectivity index (χ4v) is 4.46. The summed E-state index contributed by atoms with van der Waals surface area (Å²) in [5.41, 5.74) is 2.62. The first-order valence-corrected chi connectivity index (χ1v) is 9.74. The largest absolute Gasteiger partial charge is 0.376 e. The molecule has 1 aromatic carbocycles. The second-order valence-corrected chi connectivity index (χ2v) is 7.85. The van der Waals surface area contributed by atoms with Crippen molar-refractivity contribution in [1.29, 1.82) is 0 Å². The number of anilines is 1. The topological polar surface area (TPSA) is 63.2 Å². The molecule has 132 valence electrons. The second kappa shape index (κ2) is 7.23. The summed E-state index contributed by atoms with van der Waals surface area (Å²) in [4.78, 5) is 18.0. The molecule has 2 N–H and O–H groups in total. The van der Waals surface area contributed by atoms with Gasteiger partial charge in [0.1, 0.15) is 0 Å². The Balaban J connectivity index is 1.35. The number of carbonyl (C=O) groups is 1. The van der Waals surface area contributed by atoms with Crippen molar-refractivity contribution in [3.8, 4) is 0 Å². The van der Waals surface area contributed by atoms with Gasteiger partial charge < -0.3 is 15.4 Å². The average molecular weight is 357 g/mol. The van der Waals surface area contributed by atoms with Gasteiger partial charge in [0.25, 0.3) is 0 Å². The molecule has 3 heterocycles. The zero-order valence-electron chi connectivity index (χ0n) is 14.3. The number of benzene rings is 1. The lowest BCUT2D eigenvalue weighted by Gasteiger charge is -2.11. The highest BCUT2D eigenvalue weighted by molar-refractivity contribution is 7.15. The number of aryl methyl sites for hydroxylation is 1. The molecule has 3 atom stereocenters. The highest BCUT2D eigenvalue weighted by Crippen LogP contribution is 2.27. The number of ether oxygens (including phenoxy) is 1. The summed E-state index contributed by atoms with van der Waals surface area (Å²) in [6.45, 7) is 2.96. The summed E-state index contributed by atoms with van der Waals surface area (Å²) >= 11 is 1.55. The van der Waals surface area contributed by atoms with Crippen LogP contribution in [0.1, 0.15) is 35.8 Å². The van der Waals surface area contributed by atoms with E-state index in [1.165, 1.54) is 11.1 Å². The molecule has 2 aliphatic rings. The van der Waals surface area contributed by atoms with Gasteiger partial charge >= 0.3 is 0 Å². The Kier molecular flexibility index (Phi) is 4.83. The Morgan fingerprint density at radius 1 is 1.44 bits per heavy atom. The number of amides is 1. The molecule has 0 bridgehead atoms. The van der Waals surface area contributed by atoms with Crippen molar-refractivity contribution >= 4 is 22.4 Å². The molecule has 2 saturated heterocycles. The molecule has 6 heteroatoms. The van der Waals surface area contributed by atoms with Crippen LogP contribution >= 0.6 is 11.3 Å². The van der Waals surface area contributed by atoms with Gasteiger partial charge in [-0.1, -0.05) is 31.2 Å². The van der Waals surface area contributed by atoms with Crippen molar-refractivity contribution in [3.63, 3.8) is 0 Å². The van der Waals surface area contributed by atoms with E-state index < -0.39 is 0 Å². The number of hydrogen-bond acceptors (Lipinski definition) is 5. The SMILES string of the molecule is CCc1cccc(Cc2cnc(NC(=O)[C@@H]3C[C@@H]4OCC[C@@H]4N3)s2)c1. The molecule has 1 aromatic heterocycles. The minimum Gasteiger partial charge on any atom is -0.376 e. The van der Waals surface area contributed by atoms with Crippen LogP contribution in [-0.4, -0.2) is 35.7 Å². The van der Waals surface area contributed by atoms with Crippen molar-refractivity contribution < 1.29 is 9.53 Å². The van der Waals surface area contributed by atoms with Crippen LogP contribution in [0.4, 0.5) is 5.13 Å². The lowest BCUT2D eigenvalue weighted by atomic mass is 10.1. The first-order valence-electron chi connectivity index (χ1n) is 8.92. The molecular weight excluding hydrogens is 334 g/mol. The minimum absolute atomic E-state index is 0.00752. The van der Waals surface area contributed by atoms with E-state index in [-0.39, 0.29) is 18.1 Å². The molecule has 0 saturated carbocycles. The third kappa shape index (κ3) is 3.76. The maximum Gasteiger partial charge on any atom is 0.243 e. The van der Waals surface area contributed by atoms with Crippen LogP contribution < -0.4 is 10.6 Å². The molecule has 25 heavy (non-hydrogen) atoms. The van der Waals surface area contributed by atoms with Crippen LogP contribution in [0.3, 0.4) is 0 Å². The van der Waals surface area contributed by atoms with Gasteiger partial charge in [0.2, 0.25) is 5.91 Å². The molecule has 0 aliphatic carbocycles. The van der Waals surface area contributed by atoms with Crippen LogP contribution in [0.2, 0.25) is 0 Å². The molecule has 5 nitrogen and oxygen atoms in total. The number of hydrogen-bond donors (Lipinski definition) is 2. The Hall–Kier alpha value is -1.76. The summed E-state index contributed by atoms with van der Waals surface area (Å²) in [5.74, 6) is -0.00752. The van der Waals surface area contributed by atoms with Gasteiger partial charge in [0.15, 0.2) is 5.13 Å². The van der Waals surface area contributed by atoms with Gasteiger partial charge in [0.05, 0.1) is 12.1 Å². The lowest BCUT2D eigenvalue weighted by molar-refractivity contribution is -0.118. The molecule has 2 fully saturated rings. The maximum absolute atomic E-state index is 12.4. The van der Waals surface area contributed by atoms with Gasteiger partial charge in [-0.2, -0.15) is 0 Å². The van der Waals surface area contributed by atoms with Gasteiger partial charge in [-0.3, -0.25) is 4.79 Å². The fourth-order valence-electron chi connectivity index (χ4n) is 3.61. The van der Waals surface area contributed by atoms with Gasteiger partial charge in [-0.05, 0) is 30.4 Å². The lowest BCUT2D eigenvalue weighted by Crippen LogP contribution is -2.39. The summed E-state index contributed by atoms with van der Waals surface area (Å²) in [7, 11) is 0. The van der Waals surface area contributed by atoms with Crippen LogP contribution in [0.25, 0.3) is 0 Å². The number of fused-ring (bicyclic) bond motifs is 1. The molecular formula is C19H23N3O2S. The molecule has 0 unspecified atom stereocenters. The summed E-state index contributed by atoms with van der Waals surface area (Å²) in [5, 5.41) is 7.00. The van der Waals surface area contributed by atoms with Crippen LogP contribution in [-0.2, 0) is 22.4 Å². The Bertz CT molecular complexity index is 749. The number of nitrogens with one attached hydrogen (secondary N) is 2. The Morgan fingerprint density at radius 3 is 3.16 bits per heavy atom. The molecule has 4 rings (SSSR count). The van der Waals surface area contributed by atoms with Crippen molar-refractivity contribution in [2.24, 2.45) is 0 Å². The van der Waals surface area contributed by atoms with E-state index >= 15 is 0 Å². The highest BCUT2D eigenvalue weighted by Gasteiger charge is 2.40. The van der Waals surface area contributed by atoms with Gasteiger partial charge in [-0.15, -0.1) is 11.3 Å². The van der Waals surface area contributed by atoms with Crippen molar-refractivity contribution in [2.75, 3.05) is 11.9 Å². The fraction of sp³-hybridized carbons (Fsp3) is 0.474. The maximum atomic E-state index is 12.4. The Morgan fingerprint density at radius 2 is 2.32 bits per heavy atom. The van der Waals surface area contributed by atoms with Gasteiger partial charge in [-0.25, -0.2) is 4.98 Å². The smallest absolute Gasteiger partial charge is 0.243 e. The quantitative estimate of drug-likeness (QED) is 0.864. The standard InChI is InChI=1S/C19H23N3O2S/c1-2-12-4-3-5-13(8-12)9-14-11-20-19(25-14)22-18(23)16-10-17-15(21-16)6-7-24-17/h3-5,8,11,15-17,21H,2,6-7,9-10H2,1H3,(H,20,22,23)/t15-,16-,17-/m0/s1. The van der Waals surface area contributed by atoms with E-state index in [0.29, 0.717) is 11.2 Å². The van der Waals surface area contributed by atoms with E-state index in [2.05, 4.69) is 46.8 Å². The van der Waals surface area contributed by atoms with Gasteiger partial charge in [0, 0.05) is 30.1 Å². The average Bonchev–Trinajstić information content (AvgIpc) is 3.31. The third-order valence-electron chi connectivity index (χ3n) is 4.97. The summed E-state index contributed by atoms with van der Waals surface area (Å²) in [6, 6.07) is 8.77. The first-order chi connectivity index (χ1) is 12.2. The van der Waals surface area contributed by atoms with E-state index in [4.69, 9.17) is 4.74 Å². The van der Waals surface area contributed by atoms with E-state index in [9.17, 15) is 4.79 Å². The van der Waals surface area contributed by atoms with E-state index in [1.54, 1.807) is 11.3 Å². The highest BCUT2D eigenvalue weighted by atomic mass is 32.1. The number of nitrogens with zero attached hydrogens (tertiary/aromatic N) is 1. The van der Waals surface area contributed by atoms with E-state index in [1.807, 2.05) is 6.20 Å². The minimum atomic E-state index is -0.177. The molecule has 2 aliphatic heterocycles. The van der Waals surface area contributed by atoms with Crippen molar-refractivity contribution in [3.05, 3.63) is 46.5 Å². The van der Waals surface area contributed by atoms with E-state index in [0.717, 1.165) is 37.2 Å². The predicted octanol–water partition coefficient (Wildman–Crippen LogP) is 2.75. The van der Waals surface area contributed by atoms with Crippen molar-refractivity contribution in [1.82, 2.24) is 10.3 Å². The number of aromatic nitrogens is 1. The van der Waals surface area contributed by atoms with Crippen LogP contribution in [0, 0.1) is 0 Å². The normalized spacial score (nSPS) is 25.1. The monoisotopic (exact) mass is 357 g/mol. The van der Waals surface area contributed by atoms with Crippen molar-refractivity contribution in [2.45, 2.75) is 50.8 Å². The summed E-state index contributed by atoms with van der Waals surface area (Å²) < 4.78 is 5.64. The third-order valence-corrected chi connectivity index (χ3v) is 5.88. The number of thiazole rings is 1. The molecule has 0 radical (unpaired) electrons.